The normalized spacial score (nSPS) is 11.5. The summed E-state index contributed by atoms with van der Waals surface area (Å²) in [5.74, 6) is 0.849. The molecule has 1 heterocycles. The summed E-state index contributed by atoms with van der Waals surface area (Å²) in [6, 6.07) is 12.2. The summed E-state index contributed by atoms with van der Waals surface area (Å²) in [6.07, 6.45) is -0.702. The minimum atomic E-state index is -0.702. The minimum absolute atomic E-state index is 0.0925. The molecule has 0 spiro atoms. The second kappa shape index (κ2) is 9.67. The van der Waals surface area contributed by atoms with Crippen LogP contribution in [0.1, 0.15) is 5.56 Å². The van der Waals surface area contributed by atoms with Gasteiger partial charge in [-0.3, -0.25) is 0 Å². The number of nitrogens with zero attached hydrogens (tertiary/aromatic N) is 3. The summed E-state index contributed by atoms with van der Waals surface area (Å²) in [5, 5.41) is 29.6. The van der Waals surface area contributed by atoms with Gasteiger partial charge in [-0.15, -0.1) is 10.2 Å². The van der Waals surface area contributed by atoms with Crippen LogP contribution in [0.3, 0.4) is 0 Å². The number of hydrogen-bond donors (Lipinski definition) is 2. The fraction of sp³-hybridized carbons (Fsp3) is 0.312. The molecule has 24 heavy (non-hydrogen) atoms. The largest absolute Gasteiger partial charge is 0.489 e. The Morgan fingerprint density at radius 2 is 2.04 bits per heavy atom. The van der Waals surface area contributed by atoms with Crippen LogP contribution in [-0.2, 0) is 0 Å². The molecule has 2 N–H and O–H groups in total. The number of rotatable bonds is 9. The highest BCUT2D eigenvalue weighted by molar-refractivity contribution is 6.29. The van der Waals surface area contributed by atoms with Crippen molar-refractivity contribution >= 4 is 11.6 Å². The Hall–Kier alpha value is -2.40. The molecular formula is C16H17ClN4O3. The van der Waals surface area contributed by atoms with Crippen LogP contribution >= 0.6 is 11.6 Å². The highest BCUT2D eigenvalue weighted by Gasteiger charge is 2.07. The molecule has 0 bridgehead atoms. The van der Waals surface area contributed by atoms with Crippen molar-refractivity contribution in [2.75, 3.05) is 26.3 Å². The summed E-state index contributed by atoms with van der Waals surface area (Å²) < 4.78 is 10.8. The zero-order valence-corrected chi connectivity index (χ0v) is 13.6. The highest BCUT2D eigenvalue weighted by atomic mass is 35.5. The van der Waals surface area contributed by atoms with Crippen molar-refractivity contribution < 1.29 is 14.6 Å². The van der Waals surface area contributed by atoms with Gasteiger partial charge in [0.15, 0.2) is 5.15 Å². The fourth-order valence-corrected chi connectivity index (χ4v) is 1.91. The van der Waals surface area contributed by atoms with E-state index in [2.05, 4.69) is 15.5 Å². The third-order valence-corrected chi connectivity index (χ3v) is 3.16. The molecule has 1 unspecified atom stereocenters. The molecule has 0 amide bonds. The average molecular weight is 349 g/mol. The van der Waals surface area contributed by atoms with Crippen molar-refractivity contribution in [1.29, 1.82) is 5.26 Å². The molecule has 1 atom stereocenters. The molecule has 0 aliphatic carbocycles. The van der Waals surface area contributed by atoms with Gasteiger partial charge in [0.05, 0.1) is 5.56 Å². The highest BCUT2D eigenvalue weighted by Crippen LogP contribution is 2.16. The van der Waals surface area contributed by atoms with Crippen LogP contribution in [0.5, 0.6) is 11.6 Å². The Bertz CT molecular complexity index is 676. The van der Waals surface area contributed by atoms with E-state index in [1.165, 1.54) is 0 Å². The number of hydrogen-bond acceptors (Lipinski definition) is 7. The van der Waals surface area contributed by atoms with Gasteiger partial charge in [0.1, 0.15) is 31.1 Å². The second-order valence-corrected chi connectivity index (χ2v) is 5.21. The molecule has 2 rings (SSSR count). The molecule has 7 nitrogen and oxygen atoms in total. The number of para-hydroxylation sites is 1. The first-order valence-corrected chi connectivity index (χ1v) is 7.69. The van der Waals surface area contributed by atoms with Crippen molar-refractivity contribution in [1.82, 2.24) is 15.5 Å². The lowest BCUT2D eigenvalue weighted by atomic mass is 10.2. The minimum Gasteiger partial charge on any atom is -0.489 e. The van der Waals surface area contributed by atoms with E-state index < -0.39 is 6.10 Å². The van der Waals surface area contributed by atoms with E-state index in [0.29, 0.717) is 42.0 Å². The lowest BCUT2D eigenvalue weighted by Crippen LogP contribution is -2.33. The lowest BCUT2D eigenvalue weighted by Gasteiger charge is -2.14. The molecule has 0 aliphatic rings. The number of halogens is 1. The molecular weight excluding hydrogens is 332 g/mol. The average Bonchev–Trinajstić information content (AvgIpc) is 2.61. The summed E-state index contributed by atoms with van der Waals surface area (Å²) in [7, 11) is 0. The number of aliphatic hydroxyl groups excluding tert-OH is 1. The standard InChI is InChI=1S/C16H17ClN4O3/c17-15-5-6-16(21-20-15)23-8-7-19-10-13(22)11-24-14-4-2-1-3-12(14)9-18/h1-6,13,19,22H,7-8,10-11H2. The van der Waals surface area contributed by atoms with Crippen LogP contribution in [0, 0.1) is 11.3 Å². The Morgan fingerprint density at radius 1 is 1.21 bits per heavy atom. The van der Waals surface area contributed by atoms with E-state index in [1.54, 1.807) is 36.4 Å². The third-order valence-electron chi connectivity index (χ3n) is 2.96. The number of benzene rings is 1. The van der Waals surface area contributed by atoms with Gasteiger partial charge in [0.2, 0.25) is 5.88 Å². The quantitative estimate of drug-likeness (QED) is 0.661. The van der Waals surface area contributed by atoms with Crippen LogP contribution in [-0.4, -0.2) is 47.7 Å². The fourth-order valence-electron chi connectivity index (χ4n) is 1.81. The summed E-state index contributed by atoms with van der Waals surface area (Å²) >= 11 is 5.62. The SMILES string of the molecule is N#Cc1ccccc1OCC(O)CNCCOc1ccc(Cl)nn1. The summed E-state index contributed by atoms with van der Waals surface area (Å²) in [5.41, 5.74) is 0.440. The molecule has 126 valence electrons. The summed E-state index contributed by atoms with van der Waals surface area (Å²) in [6.45, 7) is 1.33. The van der Waals surface area contributed by atoms with Gasteiger partial charge in [-0.1, -0.05) is 23.7 Å². The smallest absolute Gasteiger partial charge is 0.233 e. The predicted octanol–water partition coefficient (Wildman–Crippen LogP) is 1.41. The Balaban J connectivity index is 1.60. The van der Waals surface area contributed by atoms with E-state index in [9.17, 15) is 5.11 Å². The maximum Gasteiger partial charge on any atom is 0.233 e. The molecule has 0 aliphatic heterocycles. The van der Waals surface area contributed by atoms with Crippen LogP contribution in [0.15, 0.2) is 36.4 Å². The summed E-state index contributed by atoms with van der Waals surface area (Å²) in [4.78, 5) is 0. The first kappa shape index (κ1) is 17.9. The number of ether oxygens (including phenoxy) is 2. The van der Waals surface area contributed by atoms with Gasteiger partial charge >= 0.3 is 0 Å². The molecule has 0 saturated heterocycles. The lowest BCUT2D eigenvalue weighted by molar-refractivity contribution is 0.105. The zero-order chi connectivity index (χ0) is 17.2. The van der Waals surface area contributed by atoms with Gasteiger partial charge in [-0.2, -0.15) is 5.26 Å². The van der Waals surface area contributed by atoms with Crippen molar-refractivity contribution in [2.45, 2.75) is 6.10 Å². The number of aromatic nitrogens is 2. The zero-order valence-electron chi connectivity index (χ0n) is 12.9. The molecule has 1 aromatic heterocycles. The first-order chi connectivity index (χ1) is 11.7. The Labute approximate surface area is 144 Å². The maximum atomic E-state index is 9.87. The van der Waals surface area contributed by atoms with Crippen molar-refractivity contribution in [3.8, 4) is 17.7 Å². The topological polar surface area (TPSA) is 100 Å². The monoisotopic (exact) mass is 348 g/mol. The van der Waals surface area contributed by atoms with E-state index in [-0.39, 0.29) is 6.61 Å². The Morgan fingerprint density at radius 3 is 2.79 bits per heavy atom. The maximum absolute atomic E-state index is 9.87. The van der Waals surface area contributed by atoms with E-state index in [1.807, 2.05) is 6.07 Å². The van der Waals surface area contributed by atoms with Crippen molar-refractivity contribution in [3.63, 3.8) is 0 Å². The molecule has 1 aromatic carbocycles. The van der Waals surface area contributed by atoms with E-state index in [4.69, 9.17) is 26.3 Å². The number of nitrogens with one attached hydrogen (secondary N) is 1. The number of aliphatic hydroxyl groups is 1. The molecule has 0 radical (unpaired) electrons. The van der Waals surface area contributed by atoms with Crippen LogP contribution < -0.4 is 14.8 Å². The van der Waals surface area contributed by atoms with Crippen LogP contribution in [0.4, 0.5) is 0 Å². The van der Waals surface area contributed by atoms with Gasteiger partial charge in [-0.25, -0.2) is 0 Å². The molecule has 2 aromatic rings. The molecule has 0 fully saturated rings. The predicted molar refractivity (Wildman–Crippen MR) is 88.1 cm³/mol. The van der Waals surface area contributed by atoms with Gasteiger partial charge < -0.3 is 19.9 Å². The van der Waals surface area contributed by atoms with E-state index >= 15 is 0 Å². The molecule has 0 saturated carbocycles. The van der Waals surface area contributed by atoms with Crippen molar-refractivity contribution in [2.24, 2.45) is 0 Å². The Kier molecular flexibility index (Phi) is 7.23. The third kappa shape index (κ3) is 6.01. The van der Waals surface area contributed by atoms with Gasteiger partial charge in [-0.05, 0) is 18.2 Å². The second-order valence-electron chi connectivity index (χ2n) is 4.82. The molecule has 8 heteroatoms. The first-order valence-electron chi connectivity index (χ1n) is 7.32. The van der Waals surface area contributed by atoms with Crippen molar-refractivity contribution in [3.05, 3.63) is 47.1 Å². The van der Waals surface area contributed by atoms with Gasteiger partial charge in [0.25, 0.3) is 0 Å². The van der Waals surface area contributed by atoms with Crippen LogP contribution in [0.2, 0.25) is 5.15 Å². The number of nitriles is 1. The van der Waals surface area contributed by atoms with Gasteiger partial charge in [0, 0.05) is 19.2 Å². The van der Waals surface area contributed by atoms with E-state index in [0.717, 1.165) is 0 Å². The van der Waals surface area contributed by atoms with Crippen LogP contribution in [0.25, 0.3) is 0 Å².